The largest absolute Gasteiger partial charge is 0.465 e. The van der Waals surface area contributed by atoms with Gasteiger partial charge >= 0.3 is 27.3 Å². The Bertz CT molecular complexity index is 600. The smallest absolute Gasteiger partial charge is 0.456 e. The van der Waals surface area contributed by atoms with Crippen molar-refractivity contribution in [2.75, 3.05) is 6.61 Å². The molecule has 0 saturated carbocycles. The van der Waals surface area contributed by atoms with Gasteiger partial charge < -0.3 is 18.9 Å². The van der Waals surface area contributed by atoms with E-state index in [1.165, 1.54) is 13.8 Å². The summed E-state index contributed by atoms with van der Waals surface area (Å²) in [7, 11) is -5.97. The number of fused-ring (bicyclic) bond motifs is 1. The number of hydrogen-bond donors (Lipinski definition) is 1. The second-order valence-electron chi connectivity index (χ2n) is 5.09. The number of rotatable bonds is 4. The van der Waals surface area contributed by atoms with Crippen LogP contribution in [0.5, 0.6) is 0 Å². The fourth-order valence-electron chi connectivity index (χ4n) is 2.00. The number of esters is 2. The number of cyclic esters (lactones) is 1. The van der Waals surface area contributed by atoms with Crippen LogP contribution < -0.4 is 0 Å². The van der Waals surface area contributed by atoms with E-state index < -0.39 is 58.0 Å². The highest BCUT2D eigenvalue weighted by Crippen LogP contribution is 2.36. The van der Waals surface area contributed by atoms with Crippen LogP contribution in [0, 0.1) is 0 Å². The molecular weight excluding hydrogens is 334 g/mol. The van der Waals surface area contributed by atoms with Crippen molar-refractivity contribution in [3.8, 4) is 0 Å². The molecule has 2 saturated heterocycles. The van der Waals surface area contributed by atoms with Gasteiger partial charge in [0.2, 0.25) is 0 Å². The molecule has 3 atom stereocenters. The molecule has 3 unspecified atom stereocenters. The highest BCUT2D eigenvalue weighted by molar-refractivity contribution is 7.87. The molecule has 2 heterocycles. The number of hydrogen-bond acceptors (Lipinski definition) is 8. The molecule has 0 aromatic carbocycles. The minimum absolute atomic E-state index is 0.821. The van der Waals surface area contributed by atoms with Gasteiger partial charge in [-0.15, -0.1) is 0 Å². The van der Waals surface area contributed by atoms with E-state index in [-0.39, 0.29) is 0 Å². The van der Waals surface area contributed by atoms with Crippen LogP contribution in [0.3, 0.4) is 0 Å². The van der Waals surface area contributed by atoms with Crippen molar-refractivity contribution in [2.24, 2.45) is 0 Å². The van der Waals surface area contributed by atoms with Crippen molar-refractivity contribution in [3.05, 3.63) is 0 Å². The molecule has 0 aromatic rings. The van der Waals surface area contributed by atoms with Crippen LogP contribution in [0.15, 0.2) is 0 Å². The summed E-state index contributed by atoms with van der Waals surface area (Å²) in [5.41, 5.74) is 0. The van der Waals surface area contributed by atoms with Crippen molar-refractivity contribution in [1.29, 1.82) is 0 Å². The first-order valence-electron chi connectivity index (χ1n) is 5.93. The lowest BCUT2D eigenvalue weighted by molar-refractivity contribution is -0.193. The zero-order valence-electron chi connectivity index (χ0n) is 11.3. The number of carbonyl (C=O) groups excluding carboxylic acids is 2. The molecule has 0 amide bonds. The standard InChI is InChI=1S/C10H12F2O9S/c1-9(2)20-5-4(19-7(13)6(5)21-9)3-18-8(14)10(11,12)22(15,16)17/h4-6H,3H2,1-2H3,(H,15,16,17). The predicted octanol–water partition coefficient (Wildman–Crippen LogP) is -0.544. The third kappa shape index (κ3) is 2.91. The van der Waals surface area contributed by atoms with Gasteiger partial charge in [-0.1, -0.05) is 0 Å². The molecule has 2 rings (SSSR count). The normalized spacial score (nSPS) is 30.8. The topological polar surface area (TPSA) is 125 Å². The first-order chi connectivity index (χ1) is 9.85. The van der Waals surface area contributed by atoms with Gasteiger partial charge in [-0.2, -0.15) is 17.2 Å². The Morgan fingerprint density at radius 3 is 2.55 bits per heavy atom. The van der Waals surface area contributed by atoms with E-state index in [9.17, 15) is 26.8 Å². The van der Waals surface area contributed by atoms with E-state index in [0.29, 0.717) is 0 Å². The summed E-state index contributed by atoms with van der Waals surface area (Å²) in [6.45, 7) is 2.14. The Labute approximate surface area is 123 Å². The monoisotopic (exact) mass is 346 g/mol. The SMILES string of the molecule is CC1(C)OC2C(=O)OC(COC(=O)C(F)(F)S(=O)(=O)O)C2O1. The molecule has 1 N–H and O–H groups in total. The van der Waals surface area contributed by atoms with Gasteiger partial charge in [-0.25, -0.2) is 9.59 Å². The lowest BCUT2D eigenvalue weighted by atomic mass is 10.1. The molecule has 126 valence electrons. The van der Waals surface area contributed by atoms with E-state index in [1.54, 1.807) is 0 Å². The van der Waals surface area contributed by atoms with Crippen LogP contribution in [-0.4, -0.2) is 60.9 Å². The molecule has 0 radical (unpaired) electrons. The Balaban J connectivity index is 2.01. The van der Waals surface area contributed by atoms with E-state index in [1.807, 2.05) is 0 Å². The second-order valence-corrected chi connectivity index (χ2v) is 6.55. The van der Waals surface area contributed by atoms with E-state index in [0.717, 1.165) is 0 Å². The van der Waals surface area contributed by atoms with Crippen LogP contribution in [-0.2, 0) is 38.7 Å². The van der Waals surface area contributed by atoms with Crippen molar-refractivity contribution in [3.63, 3.8) is 0 Å². The van der Waals surface area contributed by atoms with Crippen LogP contribution in [0.4, 0.5) is 8.78 Å². The molecule has 2 fully saturated rings. The minimum Gasteiger partial charge on any atom is -0.456 e. The zero-order valence-corrected chi connectivity index (χ0v) is 12.1. The molecular formula is C10H12F2O9S. The highest BCUT2D eigenvalue weighted by atomic mass is 32.2. The van der Waals surface area contributed by atoms with Crippen molar-refractivity contribution < 1.29 is 50.3 Å². The third-order valence-electron chi connectivity index (χ3n) is 2.94. The Morgan fingerprint density at radius 2 is 2.00 bits per heavy atom. The maximum atomic E-state index is 13.0. The van der Waals surface area contributed by atoms with Crippen molar-refractivity contribution in [1.82, 2.24) is 0 Å². The van der Waals surface area contributed by atoms with E-state index in [4.69, 9.17) is 18.8 Å². The van der Waals surface area contributed by atoms with Gasteiger partial charge in [-0.05, 0) is 13.8 Å². The van der Waals surface area contributed by atoms with Crippen molar-refractivity contribution >= 4 is 22.1 Å². The molecule has 12 heteroatoms. The quantitative estimate of drug-likeness (QED) is 0.527. The number of alkyl halides is 2. The second kappa shape index (κ2) is 5.08. The molecule has 0 aromatic heterocycles. The van der Waals surface area contributed by atoms with Crippen LogP contribution in [0.25, 0.3) is 0 Å². The third-order valence-corrected chi connectivity index (χ3v) is 3.75. The maximum Gasteiger partial charge on any atom is 0.465 e. The van der Waals surface area contributed by atoms with Crippen LogP contribution >= 0.6 is 0 Å². The van der Waals surface area contributed by atoms with E-state index >= 15 is 0 Å². The molecule has 2 aliphatic heterocycles. The van der Waals surface area contributed by atoms with Gasteiger partial charge in [0, 0.05) is 0 Å². The van der Waals surface area contributed by atoms with Crippen LogP contribution in [0.2, 0.25) is 0 Å². The van der Waals surface area contributed by atoms with Crippen LogP contribution in [0.1, 0.15) is 13.8 Å². The Kier molecular flexibility index (Phi) is 3.92. The number of halogens is 2. The first-order valence-corrected chi connectivity index (χ1v) is 7.37. The molecule has 22 heavy (non-hydrogen) atoms. The van der Waals surface area contributed by atoms with Gasteiger partial charge in [-0.3, -0.25) is 4.55 Å². The highest BCUT2D eigenvalue weighted by Gasteiger charge is 2.58. The summed E-state index contributed by atoms with van der Waals surface area (Å²) in [6.07, 6.45) is -3.32. The lowest BCUT2D eigenvalue weighted by Gasteiger charge is -2.21. The molecule has 0 bridgehead atoms. The molecule has 9 nitrogen and oxygen atoms in total. The first kappa shape index (κ1) is 17.0. The molecule has 0 aliphatic carbocycles. The average molecular weight is 346 g/mol. The predicted molar refractivity (Wildman–Crippen MR) is 61.2 cm³/mol. The fourth-order valence-corrected chi connectivity index (χ4v) is 2.27. The summed E-state index contributed by atoms with van der Waals surface area (Å²) >= 11 is 0. The molecule has 2 aliphatic rings. The average Bonchev–Trinajstić information content (AvgIpc) is 2.80. The Morgan fingerprint density at radius 1 is 1.41 bits per heavy atom. The summed E-state index contributed by atoms with van der Waals surface area (Å²) in [4.78, 5) is 22.5. The summed E-state index contributed by atoms with van der Waals surface area (Å²) < 4.78 is 74.4. The van der Waals surface area contributed by atoms with Gasteiger partial charge in [0.1, 0.15) is 12.7 Å². The number of carbonyl (C=O) groups is 2. The summed E-state index contributed by atoms with van der Waals surface area (Å²) in [6, 6.07) is 0. The zero-order chi connectivity index (χ0) is 16.9. The van der Waals surface area contributed by atoms with Gasteiger partial charge in [0.05, 0.1) is 0 Å². The summed E-state index contributed by atoms with van der Waals surface area (Å²) in [5, 5.41) is -5.12. The maximum absolute atomic E-state index is 13.0. The Hall–Kier alpha value is -1.37. The number of ether oxygens (including phenoxy) is 4. The van der Waals surface area contributed by atoms with Gasteiger partial charge in [0.25, 0.3) is 0 Å². The van der Waals surface area contributed by atoms with Crippen molar-refractivity contribution in [2.45, 2.75) is 43.2 Å². The molecule has 0 spiro atoms. The lowest BCUT2D eigenvalue weighted by Crippen LogP contribution is -2.41. The van der Waals surface area contributed by atoms with E-state index in [2.05, 4.69) is 4.74 Å². The summed E-state index contributed by atoms with van der Waals surface area (Å²) in [5.74, 6) is -4.43. The van der Waals surface area contributed by atoms with Gasteiger partial charge in [0.15, 0.2) is 18.0 Å². The fraction of sp³-hybridized carbons (Fsp3) is 0.800. The minimum atomic E-state index is -5.97.